The highest BCUT2D eigenvalue weighted by Crippen LogP contribution is 2.55. The normalized spacial score (nSPS) is 19.4. The Morgan fingerprint density at radius 1 is 0.604 bits per heavy atom. The number of nitrogens with zero attached hydrogens (tertiary/aromatic N) is 3. The van der Waals surface area contributed by atoms with E-state index in [0.717, 1.165) is 51.3 Å². The number of rotatable bonds is 9. The van der Waals surface area contributed by atoms with Crippen LogP contribution in [0.2, 0.25) is 0 Å². The van der Waals surface area contributed by atoms with E-state index in [9.17, 15) is 14.4 Å². The number of methoxy groups -OCH3 is 2. The molecule has 0 radical (unpaired) electrons. The summed E-state index contributed by atoms with van der Waals surface area (Å²) < 4.78 is 10.8. The number of carbonyl (C=O) groups is 3. The monoisotopic (exact) mass is 719 g/mol. The number of amides is 5. The van der Waals surface area contributed by atoms with E-state index in [4.69, 9.17) is 9.47 Å². The van der Waals surface area contributed by atoms with Gasteiger partial charge in [-0.1, -0.05) is 114 Å². The fourth-order valence-electron chi connectivity index (χ4n) is 7.00. The number of urea groups is 2. The second kappa shape index (κ2) is 14.8. The molecule has 4 aromatic rings. The molecule has 0 bridgehead atoms. The Morgan fingerprint density at radius 3 is 1.25 bits per heavy atom. The van der Waals surface area contributed by atoms with Gasteiger partial charge in [0.05, 0.1) is 27.3 Å². The van der Waals surface area contributed by atoms with Crippen LogP contribution in [0, 0.1) is 0 Å². The van der Waals surface area contributed by atoms with Crippen LogP contribution in [0.1, 0.15) is 74.9 Å². The van der Waals surface area contributed by atoms with Crippen molar-refractivity contribution in [1.29, 1.82) is 0 Å². The maximum Gasteiger partial charge on any atom is 0.322 e. The minimum Gasteiger partial charge on any atom is -0.497 e. The summed E-state index contributed by atoms with van der Waals surface area (Å²) in [5.74, 6) is 1.45. The Kier molecular flexibility index (Phi) is 10.8. The second-order valence-corrected chi connectivity index (χ2v) is 15.9. The van der Waals surface area contributed by atoms with Gasteiger partial charge < -0.3 is 25.0 Å². The van der Waals surface area contributed by atoms with Crippen molar-refractivity contribution in [2.24, 2.45) is 0 Å². The SMILES string of the molecule is CN(C)C=O.COc1ccc(CN2C(=O)NC3(c4ccc(C(C)(C)C)cc4)NC(=O)N(Cc4ccc(OC)cc4)C23c2ccc(C(C)(C)C)cc2)cc1. The topological polar surface area (TPSA) is 103 Å². The van der Waals surface area contributed by atoms with Crippen molar-refractivity contribution in [2.45, 2.75) is 76.8 Å². The Morgan fingerprint density at radius 2 is 0.943 bits per heavy atom. The molecular formula is C43H53N5O5. The van der Waals surface area contributed by atoms with E-state index in [2.05, 4.69) is 88.6 Å². The highest BCUT2D eigenvalue weighted by atomic mass is 16.5. The van der Waals surface area contributed by atoms with E-state index >= 15 is 0 Å². The van der Waals surface area contributed by atoms with Crippen molar-refractivity contribution < 1.29 is 23.9 Å². The largest absolute Gasteiger partial charge is 0.497 e. The van der Waals surface area contributed by atoms with Crippen molar-refractivity contribution in [3.8, 4) is 11.5 Å². The van der Waals surface area contributed by atoms with Gasteiger partial charge in [0.15, 0.2) is 11.3 Å². The van der Waals surface area contributed by atoms with Gasteiger partial charge in [0.25, 0.3) is 0 Å². The molecule has 0 atom stereocenters. The zero-order chi connectivity index (χ0) is 38.8. The Hall–Kier alpha value is -5.51. The molecule has 2 saturated heterocycles. The van der Waals surface area contributed by atoms with Crippen LogP contribution in [0.25, 0.3) is 0 Å². The van der Waals surface area contributed by atoms with E-state index in [1.165, 1.54) is 4.90 Å². The molecule has 2 N–H and O–H groups in total. The molecule has 0 saturated carbocycles. The van der Waals surface area contributed by atoms with Gasteiger partial charge in [-0.25, -0.2) is 9.59 Å². The minimum absolute atomic E-state index is 0.0747. The summed E-state index contributed by atoms with van der Waals surface area (Å²) in [4.78, 5) is 43.5. The van der Waals surface area contributed by atoms with Gasteiger partial charge in [-0.3, -0.25) is 14.6 Å². The van der Waals surface area contributed by atoms with Crippen LogP contribution in [0.3, 0.4) is 0 Å². The molecule has 0 aromatic heterocycles. The van der Waals surface area contributed by atoms with Gasteiger partial charge >= 0.3 is 12.1 Å². The van der Waals surface area contributed by atoms with Crippen molar-refractivity contribution in [3.05, 3.63) is 130 Å². The Bertz CT molecular complexity index is 1820. The summed E-state index contributed by atoms with van der Waals surface area (Å²) >= 11 is 0. The van der Waals surface area contributed by atoms with Gasteiger partial charge in [0.1, 0.15) is 11.5 Å². The van der Waals surface area contributed by atoms with Crippen molar-refractivity contribution in [2.75, 3.05) is 28.3 Å². The zero-order valence-electron chi connectivity index (χ0n) is 32.6. The predicted molar refractivity (Wildman–Crippen MR) is 208 cm³/mol. The number of fused-ring (bicyclic) bond motifs is 1. The first kappa shape index (κ1) is 38.7. The lowest BCUT2D eigenvalue weighted by Gasteiger charge is -2.47. The van der Waals surface area contributed by atoms with Crippen LogP contribution in [0.4, 0.5) is 9.59 Å². The van der Waals surface area contributed by atoms with E-state index in [-0.39, 0.29) is 36.0 Å². The van der Waals surface area contributed by atoms with Crippen LogP contribution in [-0.2, 0) is 40.0 Å². The fraction of sp³-hybridized carbons (Fsp3) is 0.372. The molecule has 0 aliphatic carbocycles. The number of hydrogen-bond acceptors (Lipinski definition) is 5. The Labute approximate surface area is 314 Å². The van der Waals surface area contributed by atoms with Gasteiger partial charge in [0.2, 0.25) is 6.41 Å². The summed E-state index contributed by atoms with van der Waals surface area (Å²) in [6.07, 6.45) is 0.750. The molecule has 0 unspecified atom stereocenters. The lowest BCUT2D eigenvalue weighted by molar-refractivity contribution is -0.115. The number of ether oxygens (including phenoxy) is 2. The molecule has 2 fully saturated rings. The summed E-state index contributed by atoms with van der Waals surface area (Å²) in [5.41, 5.74) is 2.92. The summed E-state index contributed by atoms with van der Waals surface area (Å²) in [6, 6.07) is 31.4. The van der Waals surface area contributed by atoms with E-state index in [1.54, 1.807) is 38.1 Å². The van der Waals surface area contributed by atoms with Crippen LogP contribution < -0.4 is 20.1 Å². The first-order chi connectivity index (χ1) is 25.0. The molecule has 10 nitrogen and oxygen atoms in total. The zero-order valence-corrected chi connectivity index (χ0v) is 32.6. The van der Waals surface area contributed by atoms with Crippen molar-refractivity contribution >= 4 is 18.5 Å². The van der Waals surface area contributed by atoms with E-state index < -0.39 is 11.3 Å². The number of carbonyl (C=O) groups excluding carboxylic acids is 3. The molecule has 2 aliphatic rings. The molecule has 2 aliphatic heterocycles. The smallest absolute Gasteiger partial charge is 0.322 e. The van der Waals surface area contributed by atoms with Crippen LogP contribution in [-0.4, -0.2) is 61.5 Å². The predicted octanol–water partition coefficient (Wildman–Crippen LogP) is 7.46. The molecule has 53 heavy (non-hydrogen) atoms. The average Bonchev–Trinajstić information content (AvgIpc) is 3.52. The molecule has 2 heterocycles. The quantitative estimate of drug-likeness (QED) is 0.175. The Balaban J connectivity index is 0.00000101. The maximum absolute atomic E-state index is 14.5. The van der Waals surface area contributed by atoms with E-state index in [0.29, 0.717) is 0 Å². The third kappa shape index (κ3) is 7.40. The van der Waals surface area contributed by atoms with Crippen LogP contribution >= 0.6 is 0 Å². The highest BCUT2D eigenvalue weighted by Gasteiger charge is 2.73. The van der Waals surface area contributed by atoms with Crippen molar-refractivity contribution in [1.82, 2.24) is 25.3 Å². The summed E-state index contributed by atoms with van der Waals surface area (Å²) in [7, 11) is 6.64. The number of benzene rings is 4. The standard InChI is InChI=1S/C40H46N4O4.C3H7NO/c1-37(2,3)29-13-17-31(18-14-29)39-40(32-19-15-30(16-20-32)38(4,5)6,43(35(45)41-39)25-27-9-21-33(47-7)22-10-27)44(36(46)42-39)26-28-11-23-34(48-8)24-12-28;1-4(2)3-5/h9-24H,25-26H2,1-8H3,(H,41,45)(H,42,46);3H,1-2H3. The van der Waals surface area contributed by atoms with Gasteiger partial charge in [-0.15, -0.1) is 0 Å². The maximum atomic E-state index is 14.5. The molecule has 4 aromatic carbocycles. The molecule has 10 heteroatoms. The number of nitrogens with one attached hydrogen (secondary N) is 2. The molecular weight excluding hydrogens is 667 g/mol. The molecule has 6 rings (SSSR count). The lowest BCUT2D eigenvalue weighted by atomic mass is 9.78. The third-order valence-corrected chi connectivity index (χ3v) is 9.93. The third-order valence-electron chi connectivity index (χ3n) is 9.93. The van der Waals surface area contributed by atoms with E-state index in [1.807, 2.05) is 60.7 Å². The van der Waals surface area contributed by atoms with Crippen LogP contribution in [0.5, 0.6) is 11.5 Å². The van der Waals surface area contributed by atoms with Crippen LogP contribution in [0.15, 0.2) is 97.1 Å². The minimum atomic E-state index is -1.32. The fourth-order valence-corrected chi connectivity index (χ4v) is 7.00. The molecule has 5 amide bonds. The van der Waals surface area contributed by atoms with Gasteiger partial charge in [0, 0.05) is 25.2 Å². The highest BCUT2D eigenvalue weighted by molar-refractivity contribution is 5.89. The summed E-state index contributed by atoms with van der Waals surface area (Å²) in [5, 5.41) is 6.63. The average molecular weight is 720 g/mol. The first-order valence-electron chi connectivity index (χ1n) is 17.8. The summed E-state index contributed by atoms with van der Waals surface area (Å²) in [6.45, 7) is 13.5. The molecule has 0 spiro atoms. The van der Waals surface area contributed by atoms with Gasteiger partial charge in [-0.05, 0) is 57.3 Å². The lowest BCUT2D eigenvalue weighted by Crippen LogP contribution is -2.62. The number of hydrogen-bond donors (Lipinski definition) is 2. The second-order valence-electron chi connectivity index (χ2n) is 15.9. The first-order valence-corrected chi connectivity index (χ1v) is 17.8. The van der Waals surface area contributed by atoms with Crippen molar-refractivity contribution in [3.63, 3.8) is 0 Å². The van der Waals surface area contributed by atoms with Gasteiger partial charge in [-0.2, -0.15) is 0 Å². The molecule has 280 valence electrons.